The van der Waals surface area contributed by atoms with Crippen LogP contribution >= 0.6 is 0 Å². The predicted molar refractivity (Wildman–Crippen MR) is 97.5 cm³/mol. The Morgan fingerprint density at radius 3 is 2.44 bits per heavy atom. The van der Waals surface area contributed by atoms with Gasteiger partial charge in [-0.1, -0.05) is 36.8 Å². The first-order valence-corrected chi connectivity index (χ1v) is 9.49. The molecule has 2 aliphatic rings. The molecular weight excluding hydrogens is 314 g/mol. The van der Waals surface area contributed by atoms with Crippen LogP contribution in [0.5, 0.6) is 0 Å². The molecule has 1 aromatic rings. The second-order valence-electron chi connectivity index (χ2n) is 7.43. The van der Waals surface area contributed by atoms with E-state index in [2.05, 4.69) is 5.32 Å². The molecule has 1 aliphatic heterocycles. The third-order valence-corrected chi connectivity index (χ3v) is 5.55. The van der Waals surface area contributed by atoms with Gasteiger partial charge in [-0.3, -0.25) is 9.59 Å². The van der Waals surface area contributed by atoms with Crippen molar-refractivity contribution in [1.82, 2.24) is 10.2 Å². The van der Waals surface area contributed by atoms with E-state index in [1.807, 2.05) is 35.2 Å². The third kappa shape index (κ3) is 4.82. The second kappa shape index (κ2) is 8.48. The van der Waals surface area contributed by atoms with Gasteiger partial charge in [0.25, 0.3) is 0 Å². The molecule has 2 fully saturated rings. The van der Waals surface area contributed by atoms with Gasteiger partial charge >= 0.3 is 0 Å². The molecule has 1 heterocycles. The van der Waals surface area contributed by atoms with Crippen molar-refractivity contribution in [3.05, 3.63) is 35.9 Å². The molecule has 5 heteroatoms. The van der Waals surface area contributed by atoms with Gasteiger partial charge < -0.3 is 16.0 Å². The number of carbonyl (C=O) groups excluding carboxylic acids is 2. The minimum Gasteiger partial charge on any atom is -0.352 e. The Morgan fingerprint density at radius 2 is 1.76 bits per heavy atom. The molecule has 136 valence electrons. The highest BCUT2D eigenvalue weighted by molar-refractivity contribution is 5.81. The molecule has 1 aromatic carbocycles. The van der Waals surface area contributed by atoms with Gasteiger partial charge in [-0.15, -0.1) is 0 Å². The summed E-state index contributed by atoms with van der Waals surface area (Å²) >= 11 is 0. The van der Waals surface area contributed by atoms with Crippen LogP contribution in [-0.4, -0.2) is 35.8 Å². The number of carbonyl (C=O) groups is 2. The maximum Gasteiger partial charge on any atom is 0.225 e. The number of hydrogen-bond acceptors (Lipinski definition) is 3. The van der Waals surface area contributed by atoms with Crippen LogP contribution in [0, 0.1) is 11.8 Å². The Hall–Kier alpha value is -1.88. The zero-order valence-corrected chi connectivity index (χ0v) is 14.8. The summed E-state index contributed by atoms with van der Waals surface area (Å²) in [6.07, 6.45) is 5.37. The quantitative estimate of drug-likeness (QED) is 0.879. The fourth-order valence-corrected chi connectivity index (χ4v) is 4.00. The van der Waals surface area contributed by atoms with Crippen LogP contribution in [-0.2, 0) is 16.1 Å². The predicted octanol–water partition coefficient (Wildman–Crippen LogP) is 2.06. The molecule has 0 bridgehead atoms. The first kappa shape index (κ1) is 17.9. The highest BCUT2D eigenvalue weighted by atomic mass is 16.2. The molecule has 0 spiro atoms. The molecule has 1 saturated heterocycles. The van der Waals surface area contributed by atoms with Gasteiger partial charge in [-0.05, 0) is 37.7 Å². The average Bonchev–Trinajstić information content (AvgIpc) is 2.66. The summed E-state index contributed by atoms with van der Waals surface area (Å²) in [4.78, 5) is 27.0. The van der Waals surface area contributed by atoms with E-state index in [1.54, 1.807) is 0 Å². The lowest BCUT2D eigenvalue weighted by Gasteiger charge is -2.35. The number of rotatable bonds is 4. The van der Waals surface area contributed by atoms with Crippen LogP contribution in [0.3, 0.4) is 0 Å². The fraction of sp³-hybridized carbons (Fsp3) is 0.600. The lowest BCUT2D eigenvalue weighted by atomic mass is 9.84. The zero-order valence-electron chi connectivity index (χ0n) is 14.8. The summed E-state index contributed by atoms with van der Waals surface area (Å²) in [6, 6.07) is 10.1. The van der Waals surface area contributed by atoms with Crippen LogP contribution in [0.2, 0.25) is 0 Å². The van der Waals surface area contributed by atoms with E-state index in [-0.39, 0.29) is 29.7 Å². The van der Waals surface area contributed by atoms with E-state index in [0.29, 0.717) is 19.6 Å². The molecule has 5 nitrogen and oxygen atoms in total. The molecule has 0 radical (unpaired) electrons. The van der Waals surface area contributed by atoms with Crippen molar-refractivity contribution in [1.29, 1.82) is 0 Å². The third-order valence-electron chi connectivity index (χ3n) is 5.55. The minimum absolute atomic E-state index is 0.0152. The summed E-state index contributed by atoms with van der Waals surface area (Å²) in [5.74, 6) is 0.461. The molecule has 2 atom stereocenters. The number of nitrogens with zero attached hydrogens (tertiary/aromatic N) is 1. The smallest absolute Gasteiger partial charge is 0.225 e. The normalized spacial score (nSPS) is 24.8. The zero-order chi connectivity index (χ0) is 17.6. The number of amides is 2. The summed E-state index contributed by atoms with van der Waals surface area (Å²) in [7, 11) is 0. The van der Waals surface area contributed by atoms with Gasteiger partial charge in [-0.25, -0.2) is 0 Å². The summed E-state index contributed by atoms with van der Waals surface area (Å²) < 4.78 is 0. The minimum atomic E-state index is 0.0152. The first-order chi connectivity index (χ1) is 12.1. The monoisotopic (exact) mass is 343 g/mol. The lowest BCUT2D eigenvalue weighted by molar-refractivity contribution is -0.140. The van der Waals surface area contributed by atoms with Crippen LogP contribution in [0.1, 0.15) is 44.1 Å². The Kier molecular flexibility index (Phi) is 6.08. The molecule has 0 aromatic heterocycles. The molecule has 1 saturated carbocycles. The Balaban J connectivity index is 1.43. The number of hydrogen-bond donors (Lipinski definition) is 2. The van der Waals surface area contributed by atoms with Crippen molar-refractivity contribution in [2.24, 2.45) is 17.6 Å². The van der Waals surface area contributed by atoms with Crippen molar-refractivity contribution in [2.45, 2.75) is 51.1 Å². The highest BCUT2D eigenvalue weighted by Gasteiger charge is 2.32. The molecule has 3 rings (SSSR count). The maximum atomic E-state index is 12.7. The van der Waals surface area contributed by atoms with Gasteiger partial charge in [0.1, 0.15) is 0 Å². The van der Waals surface area contributed by atoms with E-state index < -0.39 is 0 Å². The Labute approximate surface area is 150 Å². The van der Waals surface area contributed by atoms with Gasteiger partial charge in [0, 0.05) is 37.5 Å². The number of nitrogens with two attached hydrogens (primary N) is 1. The van der Waals surface area contributed by atoms with Gasteiger partial charge in [0.15, 0.2) is 0 Å². The van der Waals surface area contributed by atoms with Crippen LogP contribution < -0.4 is 11.1 Å². The highest BCUT2D eigenvalue weighted by Crippen LogP contribution is 2.27. The summed E-state index contributed by atoms with van der Waals surface area (Å²) in [6.45, 7) is 1.95. The standard InChI is InChI=1S/C20H29N3O2/c21-18-8-4-7-17(13-18)20(25)23-11-9-16(10-12-23)19(24)22-14-15-5-2-1-3-6-15/h1-3,5-6,16-18H,4,7-14,21H2,(H,22,24). The lowest BCUT2D eigenvalue weighted by Crippen LogP contribution is -2.46. The van der Waals surface area contributed by atoms with Crippen LogP contribution in [0.15, 0.2) is 30.3 Å². The van der Waals surface area contributed by atoms with E-state index in [9.17, 15) is 9.59 Å². The van der Waals surface area contributed by atoms with Crippen molar-refractivity contribution < 1.29 is 9.59 Å². The summed E-state index contributed by atoms with van der Waals surface area (Å²) in [5.41, 5.74) is 7.12. The topological polar surface area (TPSA) is 75.4 Å². The molecule has 3 N–H and O–H groups in total. The van der Waals surface area contributed by atoms with Crippen LogP contribution in [0.25, 0.3) is 0 Å². The van der Waals surface area contributed by atoms with Crippen molar-refractivity contribution in [3.63, 3.8) is 0 Å². The molecular formula is C20H29N3O2. The van der Waals surface area contributed by atoms with E-state index in [4.69, 9.17) is 5.73 Å². The van der Waals surface area contributed by atoms with Gasteiger partial charge in [-0.2, -0.15) is 0 Å². The van der Waals surface area contributed by atoms with Crippen molar-refractivity contribution in [3.8, 4) is 0 Å². The number of likely N-dealkylation sites (tertiary alicyclic amines) is 1. The fourth-order valence-electron chi connectivity index (χ4n) is 4.00. The average molecular weight is 343 g/mol. The Morgan fingerprint density at radius 1 is 1.04 bits per heavy atom. The van der Waals surface area contributed by atoms with E-state index >= 15 is 0 Å². The van der Waals surface area contributed by atoms with Gasteiger partial charge in [0.2, 0.25) is 11.8 Å². The van der Waals surface area contributed by atoms with Crippen LogP contribution in [0.4, 0.5) is 0 Å². The second-order valence-corrected chi connectivity index (χ2v) is 7.43. The number of benzene rings is 1. The Bertz CT molecular complexity index is 582. The largest absolute Gasteiger partial charge is 0.352 e. The van der Waals surface area contributed by atoms with Crippen molar-refractivity contribution in [2.75, 3.05) is 13.1 Å². The molecule has 2 unspecified atom stereocenters. The van der Waals surface area contributed by atoms with Crippen molar-refractivity contribution >= 4 is 11.8 Å². The molecule has 2 amide bonds. The SMILES string of the molecule is NC1CCCC(C(=O)N2CCC(C(=O)NCc3ccccc3)CC2)C1. The number of nitrogens with one attached hydrogen (secondary N) is 1. The first-order valence-electron chi connectivity index (χ1n) is 9.49. The van der Waals surface area contributed by atoms with E-state index in [0.717, 1.165) is 44.1 Å². The maximum absolute atomic E-state index is 12.7. The molecule has 1 aliphatic carbocycles. The summed E-state index contributed by atoms with van der Waals surface area (Å²) in [5, 5.41) is 3.02. The number of piperidine rings is 1. The molecule has 25 heavy (non-hydrogen) atoms. The van der Waals surface area contributed by atoms with E-state index in [1.165, 1.54) is 0 Å². The van der Waals surface area contributed by atoms with Gasteiger partial charge in [0.05, 0.1) is 0 Å².